The summed E-state index contributed by atoms with van der Waals surface area (Å²) in [6.45, 7) is -3.21. The largest absolute Gasteiger partial charge is 0.573 e. The lowest BCUT2D eigenvalue weighted by molar-refractivity contribution is -0.274. The summed E-state index contributed by atoms with van der Waals surface area (Å²) in [5.41, 5.74) is -0.633. The van der Waals surface area contributed by atoms with E-state index < -0.39 is 30.2 Å². The highest BCUT2D eigenvalue weighted by molar-refractivity contribution is 6.38. The second-order valence-corrected chi connectivity index (χ2v) is 4.87. The monoisotopic (exact) mass is 387 g/mol. The van der Waals surface area contributed by atoms with Crippen LogP contribution in [0.15, 0.2) is 18.3 Å². The number of hydrogen-bond acceptors (Lipinski definition) is 4. The quantitative estimate of drug-likeness (QED) is 0.722. The number of ether oxygens (including phenoxy) is 2. The van der Waals surface area contributed by atoms with E-state index in [2.05, 4.69) is 14.6 Å². The van der Waals surface area contributed by atoms with Gasteiger partial charge in [0, 0.05) is 12.1 Å². The Hall–Kier alpha value is -2.25. The van der Waals surface area contributed by atoms with Gasteiger partial charge in [-0.2, -0.15) is 19.1 Å². The maximum absolute atomic E-state index is 12.3. The summed E-state index contributed by atoms with van der Waals surface area (Å²) < 4.78 is 69.8. The van der Waals surface area contributed by atoms with Crippen molar-refractivity contribution in [2.45, 2.75) is 13.0 Å². The molecule has 0 amide bonds. The molecule has 128 valence electrons. The highest BCUT2D eigenvalue weighted by atomic mass is 35.5. The van der Waals surface area contributed by atoms with Crippen LogP contribution in [0.4, 0.5) is 22.0 Å². The maximum atomic E-state index is 12.3. The number of alkyl halides is 5. The molecular weight excluding hydrogens is 384 g/mol. The van der Waals surface area contributed by atoms with E-state index in [1.165, 1.54) is 6.07 Å². The highest BCUT2D eigenvalue weighted by Gasteiger charge is 2.32. The molecule has 0 aliphatic rings. The first-order valence-corrected chi connectivity index (χ1v) is 6.56. The van der Waals surface area contributed by atoms with E-state index in [-0.39, 0.29) is 15.7 Å². The van der Waals surface area contributed by atoms with Crippen LogP contribution in [0.3, 0.4) is 0 Å². The summed E-state index contributed by atoms with van der Waals surface area (Å²) in [5.74, 6) is -1.23. The van der Waals surface area contributed by atoms with Crippen LogP contribution in [0, 0.1) is 11.3 Å². The second-order valence-electron chi connectivity index (χ2n) is 4.06. The van der Waals surface area contributed by atoms with Gasteiger partial charge in [-0.25, -0.2) is 4.68 Å². The second kappa shape index (κ2) is 6.70. The zero-order valence-corrected chi connectivity index (χ0v) is 12.6. The van der Waals surface area contributed by atoms with Gasteiger partial charge in [0.15, 0.2) is 5.75 Å². The molecule has 1 aromatic carbocycles. The predicted octanol–water partition coefficient (Wildman–Crippen LogP) is 4.55. The third kappa shape index (κ3) is 4.18. The number of nitrogens with zero attached hydrogens (tertiary/aromatic N) is 3. The fourth-order valence-corrected chi connectivity index (χ4v) is 2.33. The molecule has 0 aliphatic heterocycles. The fraction of sp³-hybridized carbons (Fsp3) is 0.167. The molecule has 0 N–H and O–H groups in total. The van der Waals surface area contributed by atoms with Gasteiger partial charge >= 0.3 is 13.0 Å². The summed E-state index contributed by atoms with van der Waals surface area (Å²) in [7, 11) is 0. The molecule has 24 heavy (non-hydrogen) atoms. The van der Waals surface area contributed by atoms with Crippen LogP contribution in [0.25, 0.3) is 5.69 Å². The van der Waals surface area contributed by atoms with Crippen molar-refractivity contribution in [1.82, 2.24) is 9.78 Å². The van der Waals surface area contributed by atoms with Crippen molar-refractivity contribution in [3.05, 3.63) is 34.1 Å². The molecule has 0 bridgehead atoms. The molecule has 0 atom stereocenters. The summed E-state index contributed by atoms with van der Waals surface area (Å²) in [6, 6.07) is 3.13. The first-order valence-electron chi connectivity index (χ1n) is 5.80. The Kier molecular flexibility index (Phi) is 5.05. The third-order valence-electron chi connectivity index (χ3n) is 2.46. The zero-order valence-electron chi connectivity index (χ0n) is 11.1. The summed E-state index contributed by atoms with van der Waals surface area (Å²) in [4.78, 5) is 0. The SMILES string of the molecule is N#Cc1nn(-c2c(Cl)cc(OC(F)(F)F)cc2Cl)cc1OC(F)F. The van der Waals surface area contributed by atoms with Crippen LogP contribution >= 0.6 is 23.2 Å². The van der Waals surface area contributed by atoms with Crippen molar-refractivity contribution < 1.29 is 31.4 Å². The van der Waals surface area contributed by atoms with Crippen LogP contribution in [-0.2, 0) is 0 Å². The Morgan fingerprint density at radius 2 is 1.79 bits per heavy atom. The molecule has 12 heteroatoms. The Balaban J connectivity index is 2.46. The van der Waals surface area contributed by atoms with Gasteiger partial charge in [-0.15, -0.1) is 13.2 Å². The Morgan fingerprint density at radius 3 is 2.25 bits per heavy atom. The van der Waals surface area contributed by atoms with Crippen molar-refractivity contribution in [3.8, 4) is 23.3 Å². The normalized spacial score (nSPS) is 11.5. The standard InChI is InChI=1S/C12H4Cl2F5N3O2/c13-6-1-5(24-12(17,18)19)2-7(14)10(6)22-4-9(23-11(15)16)8(3-20)21-22/h1-2,4,11H. The van der Waals surface area contributed by atoms with E-state index in [0.717, 1.165) is 23.0 Å². The van der Waals surface area contributed by atoms with E-state index in [1.54, 1.807) is 0 Å². The number of rotatable bonds is 4. The fourth-order valence-electron chi connectivity index (χ4n) is 1.69. The highest BCUT2D eigenvalue weighted by Crippen LogP contribution is 2.36. The van der Waals surface area contributed by atoms with Crippen molar-refractivity contribution >= 4 is 23.2 Å². The van der Waals surface area contributed by atoms with Gasteiger partial charge < -0.3 is 9.47 Å². The molecule has 0 radical (unpaired) electrons. The van der Waals surface area contributed by atoms with Gasteiger partial charge in [0.05, 0.1) is 16.2 Å². The van der Waals surface area contributed by atoms with Gasteiger partial charge in [-0.05, 0) is 0 Å². The molecule has 5 nitrogen and oxygen atoms in total. The van der Waals surface area contributed by atoms with E-state index in [4.69, 9.17) is 28.5 Å². The molecule has 1 heterocycles. The zero-order chi connectivity index (χ0) is 18.1. The van der Waals surface area contributed by atoms with Gasteiger partial charge in [0.1, 0.15) is 17.5 Å². The van der Waals surface area contributed by atoms with Crippen molar-refractivity contribution in [3.63, 3.8) is 0 Å². The van der Waals surface area contributed by atoms with Crippen molar-refractivity contribution in [1.29, 1.82) is 5.26 Å². The third-order valence-corrected chi connectivity index (χ3v) is 3.03. The van der Waals surface area contributed by atoms with Gasteiger partial charge in [-0.1, -0.05) is 23.2 Å². The summed E-state index contributed by atoms with van der Waals surface area (Å²) in [6.07, 6.45) is -4.06. The minimum Gasteiger partial charge on any atom is -0.430 e. The van der Waals surface area contributed by atoms with Crippen LogP contribution in [0.1, 0.15) is 5.69 Å². The molecule has 0 fully saturated rings. The summed E-state index contributed by atoms with van der Waals surface area (Å²) in [5, 5.41) is 11.8. The van der Waals surface area contributed by atoms with Crippen LogP contribution < -0.4 is 9.47 Å². The maximum Gasteiger partial charge on any atom is 0.573 e. The van der Waals surface area contributed by atoms with Gasteiger partial charge in [0.2, 0.25) is 5.69 Å². The lowest BCUT2D eigenvalue weighted by Crippen LogP contribution is -2.17. The van der Waals surface area contributed by atoms with E-state index in [0.29, 0.717) is 0 Å². The van der Waals surface area contributed by atoms with Gasteiger partial charge in [0.25, 0.3) is 0 Å². The van der Waals surface area contributed by atoms with Gasteiger partial charge in [-0.3, -0.25) is 0 Å². The first-order chi connectivity index (χ1) is 11.1. The number of nitriles is 1. The van der Waals surface area contributed by atoms with E-state index in [9.17, 15) is 22.0 Å². The molecule has 0 saturated carbocycles. The Morgan fingerprint density at radius 1 is 1.21 bits per heavy atom. The first kappa shape index (κ1) is 18.1. The lowest BCUT2D eigenvalue weighted by atomic mass is 10.3. The number of halogens is 7. The minimum absolute atomic E-state index is 0.145. The lowest BCUT2D eigenvalue weighted by Gasteiger charge is -2.12. The van der Waals surface area contributed by atoms with Crippen molar-refractivity contribution in [2.24, 2.45) is 0 Å². The topological polar surface area (TPSA) is 60.1 Å². The smallest absolute Gasteiger partial charge is 0.430 e. The molecule has 2 rings (SSSR count). The molecular formula is C12H4Cl2F5N3O2. The average Bonchev–Trinajstić information content (AvgIpc) is 2.77. The summed E-state index contributed by atoms with van der Waals surface area (Å²) >= 11 is 11.7. The molecule has 0 saturated heterocycles. The molecule has 1 aromatic heterocycles. The molecule has 0 aliphatic carbocycles. The van der Waals surface area contributed by atoms with Crippen LogP contribution in [0.5, 0.6) is 11.5 Å². The number of benzene rings is 1. The Labute approximate surface area is 140 Å². The minimum atomic E-state index is -4.95. The number of aromatic nitrogens is 2. The molecule has 0 spiro atoms. The van der Waals surface area contributed by atoms with E-state index in [1.807, 2.05) is 0 Å². The van der Waals surface area contributed by atoms with Crippen LogP contribution in [0.2, 0.25) is 10.0 Å². The Bertz CT molecular complexity index is 778. The van der Waals surface area contributed by atoms with Crippen molar-refractivity contribution in [2.75, 3.05) is 0 Å². The average molecular weight is 388 g/mol. The number of hydrogen-bond donors (Lipinski definition) is 0. The predicted molar refractivity (Wildman–Crippen MR) is 71.6 cm³/mol. The van der Waals surface area contributed by atoms with Crippen LogP contribution in [-0.4, -0.2) is 22.8 Å². The molecule has 2 aromatic rings. The van der Waals surface area contributed by atoms with E-state index >= 15 is 0 Å². The molecule has 0 unspecified atom stereocenters.